The molecule has 0 saturated carbocycles. The van der Waals surface area contributed by atoms with Crippen LogP contribution in [0.4, 0.5) is 29.1 Å². The molecule has 0 aliphatic rings. The van der Waals surface area contributed by atoms with E-state index >= 15 is 0 Å². The van der Waals surface area contributed by atoms with Gasteiger partial charge in [-0.25, -0.2) is 9.59 Å². The van der Waals surface area contributed by atoms with Crippen molar-refractivity contribution >= 4 is 23.4 Å². The minimum Gasteiger partial charge on any atom is -0.462 e. The summed E-state index contributed by atoms with van der Waals surface area (Å²) in [5.74, 6) is -4.51. The molecule has 2 rings (SSSR count). The number of ether oxygens (including phenoxy) is 2. The highest BCUT2D eigenvalue weighted by Gasteiger charge is 2.46. The second-order valence-corrected chi connectivity index (χ2v) is 7.99. The number of nitrogens with one attached hydrogen (secondary N) is 1. The van der Waals surface area contributed by atoms with Gasteiger partial charge < -0.3 is 14.8 Å². The lowest BCUT2D eigenvalue weighted by Crippen LogP contribution is -2.29. The highest BCUT2D eigenvalue weighted by atomic mass is 19.4. The van der Waals surface area contributed by atoms with Crippen LogP contribution in [0.2, 0.25) is 0 Å². The van der Waals surface area contributed by atoms with Gasteiger partial charge in [0.1, 0.15) is 22.6 Å². The van der Waals surface area contributed by atoms with Gasteiger partial charge in [0.05, 0.1) is 23.8 Å². The van der Waals surface area contributed by atoms with E-state index in [0.717, 1.165) is 6.07 Å². The van der Waals surface area contributed by atoms with Crippen molar-refractivity contribution in [2.75, 3.05) is 18.5 Å². The average Bonchev–Trinajstić information content (AvgIpc) is 3.02. The Morgan fingerprint density at radius 1 is 1.06 bits per heavy atom. The third kappa shape index (κ3) is 5.46. The molecule has 34 heavy (non-hydrogen) atoms. The maximum Gasteiger partial charge on any atom is 0.432 e. The van der Waals surface area contributed by atoms with Crippen LogP contribution >= 0.6 is 0 Å². The Balaban J connectivity index is 3.15. The lowest BCUT2D eigenvalue weighted by molar-refractivity contribution is -0.387. The molecule has 0 fully saturated rings. The van der Waals surface area contributed by atoms with Crippen molar-refractivity contribution < 1.29 is 41.5 Å². The third-order valence-electron chi connectivity index (χ3n) is 4.28. The Kier molecular flexibility index (Phi) is 7.59. The zero-order chi connectivity index (χ0) is 26.0. The minimum atomic E-state index is -5.25. The van der Waals surface area contributed by atoms with Gasteiger partial charge in [-0.3, -0.25) is 14.7 Å². The van der Waals surface area contributed by atoms with E-state index in [0.29, 0.717) is 16.7 Å². The molecule has 0 aliphatic carbocycles. The van der Waals surface area contributed by atoms with Crippen LogP contribution in [0, 0.1) is 15.9 Å². The monoisotopic (exact) mass is 489 g/mol. The molecule has 0 atom stereocenters. The Morgan fingerprint density at radius 2 is 1.59 bits per heavy atom. The maximum atomic E-state index is 14.4. The Hall–Kier alpha value is -3.64. The molecule has 1 aromatic carbocycles. The van der Waals surface area contributed by atoms with Gasteiger partial charge in [0, 0.05) is 11.6 Å². The van der Waals surface area contributed by atoms with E-state index in [1.807, 2.05) is 0 Å². The lowest BCUT2D eigenvalue weighted by Gasteiger charge is -2.25. The van der Waals surface area contributed by atoms with Crippen molar-refractivity contribution in [3.05, 3.63) is 51.0 Å². The molecule has 0 aliphatic heterocycles. The zero-order valence-electron chi connectivity index (χ0n) is 19.0. The Bertz CT molecular complexity index is 1120. The van der Waals surface area contributed by atoms with Crippen molar-refractivity contribution in [1.82, 2.24) is 4.57 Å². The summed E-state index contributed by atoms with van der Waals surface area (Å²) >= 11 is 0. The lowest BCUT2D eigenvalue weighted by atomic mass is 10.1. The van der Waals surface area contributed by atoms with Crippen molar-refractivity contribution in [1.29, 1.82) is 0 Å². The number of hydrogen-bond donors (Lipinski definition) is 1. The number of alkyl halides is 3. The highest BCUT2D eigenvalue weighted by molar-refractivity contribution is 6.08. The average molecular weight is 489 g/mol. The van der Waals surface area contributed by atoms with Gasteiger partial charge >= 0.3 is 23.8 Å². The van der Waals surface area contributed by atoms with E-state index in [4.69, 9.17) is 9.47 Å². The molecule has 0 saturated heterocycles. The molecule has 186 valence electrons. The molecule has 9 nitrogen and oxygen atoms in total. The quantitative estimate of drug-likeness (QED) is 0.249. The van der Waals surface area contributed by atoms with Crippen molar-refractivity contribution in [3.8, 4) is 5.69 Å². The van der Waals surface area contributed by atoms with Gasteiger partial charge in [0.25, 0.3) is 0 Å². The number of anilines is 1. The summed E-state index contributed by atoms with van der Waals surface area (Å²) in [4.78, 5) is 35.6. The second kappa shape index (κ2) is 9.69. The number of nitro groups is 1. The van der Waals surface area contributed by atoms with Crippen LogP contribution in [0.15, 0.2) is 18.2 Å². The van der Waals surface area contributed by atoms with Crippen LogP contribution < -0.4 is 5.32 Å². The van der Waals surface area contributed by atoms with Crippen LogP contribution in [-0.2, 0) is 15.7 Å². The first-order valence-corrected chi connectivity index (χ1v) is 10.1. The number of rotatable bonds is 7. The molecule has 1 N–H and O–H groups in total. The fraction of sp³-hybridized carbons (Fsp3) is 0.429. The second-order valence-electron chi connectivity index (χ2n) is 7.99. The number of carbonyl (C=O) groups excluding carboxylic acids is 2. The summed E-state index contributed by atoms with van der Waals surface area (Å²) in [6, 6.07) is 2.04. The number of aromatic nitrogens is 1. The number of nitrogens with zero attached hydrogens (tertiary/aromatic N) is 2. The molecule has 0 bridgehead atoms. The van der Waals surface area contributed by atoms with E-state index in [2.05, 4.69) is 5.32 Å². The predicted octanol–water partition coefficient (Wildman–Crippen LogP) is 5.11. The number of halogens is 4. The molecular weight excluding hydrogens is 466 g/mol. The van der Waals surface area contributed by atoms with Crippen molar-refractivity contribution in [2.45, 2.75) is 46.3 Å². The molecule has 1 heterocycles. The smallest absolute Gasteiger partial charge is 0.432 e. The van der Waals surface area contributed by atoms with E-state index in [-0.39, 0.29) is 13.2 Å². The van der Waals surface area contributed by atoms with Gasteiger partial charge in [0.15, 0.2) is 0 Å². The van der Waals surface area contributed by atoms with E-state index in [9.17, 15) is 37.3 Å². The fourth-order valence-electron chi connectivity index (χ4n) is 3.16. The van der Waals surface area contributed by atoms with Gasteiger partial charge in [-0.1, -0.05) is 0 Å². The fourth-order valence-corrected chi connectivity index (χ4v) is 3.16. The normalized spacial score (nSPS) is 11.8. The Morgan fingerprint density at radius 3 is 2.03 bits per heavy atom. The zero-order valence-corrected chi connectivity index (χ0v) is 19.0. The molecule has 1 aromatic heterocycles. The van der Waals surface area contributed by atoms with Crippen molar-refractivity contribution in [3.63, 3.8) is 0 Å². The standard InChI is InChI=1S/C21H23F4N3O6/c1-6-33-18(29)14-15(19(30)34-7-2)17(26-20(3,4)5)27(16(14)21(23,24)25)11-8-9-12(22)13(10-11)28(31)32/h8-10,26H,6-7H2,1-5H3. The van der Waals surface area contributed by atoms with E-state index in [1.165, 1.54) is 13.8 Å². The number of esters is 2. The maximum absolute atomic E-state index is 14.4. The predicted molar refractivity (Wildman–Crippen MR) is 113 cm³/mol. The summed E-state index contributed by atoms with van der Waals surface area (Å²) in [5, 5.41) is 14.0. The first-order chi connectivity index (χ1) is 15.6. The van der Waals surface area contributed by atoms with Gasteiger partial charge in [-0.2, -0.15) is 17.6 Å². The van der Waals surface area contributed by atoms with E-state index < -0.39 is 68.4 Å². The first kappa shape index (κ1) is 26.6. The van der Waals surface area contributed by atoms with Gasteiger partial charge in [0.2, 0.25) is 5.82 Å². The molecule has 2 aromatic rings. The highest BCUT2D eigenvalue weighted by Crippen LogP contribution is 2.43. The molecular formula is C21H23F4N3O6. The van der Waals surface area contributed by atoms with Crippen LogP contribution in [0.25, 0.3) is 5.69 Å². The van der Waals surface area contributed by atoms with Crippen LogP contribution in [-0.4, -0.2) is 40.2 Å². The van der Waals surface area contributed by atoms with Crippen LogP contribution in [0.3, 0.4) is 0 Å². The number of nitro benzene ring substituents is 1. The minimum absolute atomic E-state index is 0.218. The molecule has 0 radical (unpaired) electrons. The number of benzene rings is 1. The molecule has 13 heteroatoms. The largest absolute Gasteiger partial charge is 0.462 e. The summed E-state index contributed by atoms with van der Waals surface area (Å²) in [6.07, 6.45) is -5.25. The molecule has 0 spiro atoms. The third-order valence-corrected chi connectivity index (χ3v) is 4.28. The summed E-state index contributed by atoms with van der Waals surface area (Å²) < 4.78 is 67.2. The summed E-state index contributed by atoms with van der Waals surface area (Å²) in [6.45, 7) is 6.99. The van der Waals surface area contributed by atoms with Crippen LogP contribution in [0.1, 0.15) is 61.0 Å². The van der Waals surface area contributed by atoms with Gasteiger partial charge in [-0.15, -0.1) is 0 Å². The molecule has 0 unspecified atom stereocenters. The first-order valence-electron chi connectivity index (χ1n) is 10.1. The summed E-state index contributed by atoms with van der Waals surface area (Å²) in [7, 11) is 0. The SMILES string of the molecule is CCOC(=O)c1c(C(=O)OCC)c(C(F)(F)F)n(-c2ccc(F)c([N+](=O)[O-])c2)c1NC(C)(C)C. The van der Waals surface area contributed by atoms with Crippen molar-refractivity contribution in [2.24, 2.45) is 0 Å². The number of hydrogen-bond acceptors (Lipinski definition) is 7. The topological polar surface area (TPSA) is 113 Å². The summed E-state index contributed by atoms with van der Waals surface area (Å²) in [5.41, 5.74) is -6.12. The Labute approximate surface area is 191 Å². The van der Waals surface area contributed by atoms with E-state index in [1.54, 1.807) is 20.8 Å². The van der Waals surface area contributed by atoms with Gasteiger partial charge in [-0.05, 0) is 46.8 Å². The van der Waals surface area contributed by atoms with Crippen LogP contribution in [0.5, 0.6) is 0 Å². The molecule has 0 amide bonds. The number of carbonyl (C=O) groups is 2.